The molecule has 0 aliphatic heterocycles. The van der Waals surface area contributed by atoms with Crippen molar-refractivity contribution in [2.75, 3.05) is 13.3 Å². The first-order valence-corrected chi connectivity index (χ1v) is 8.18. The van der Waals surface area contributed by atoms with E-state index in [1.165, 1.54) is 13.8 Å². The van der Waals surface area contributed by atoms with Crippen molar-refractivity contribution in [1.29, 1.82) is 0 Å². The maximum absolute atomic E-state index is 12.3. The number of allylic oxidation sites excluding steroid dienone is 1. The summed E-state index contributed by atoms with van der Waals surface area (Å²) in [6.07, 6.45) is 3.72. The van der Waals surface area contributed by atoms with Crippen molar-refractivity contribution in [3.63, 3.8) is 0 Å². The molecule has 2 N–H and O–H groups in total. The summed E-state index contributed by atoms with van der Waals surface area (Å²) >= 11 is 0. The number of aliphatic hydroxyl groups excluding tert-OH is 2. The zero-order valence-corrected chi connectivity index (χ0v) is 12.4. The quantitative estimate of drug-likeness (QED) is 0.788. The molecule has 19 heavy (non-hydrogen) atoms. The van der Waals surface area contributed by atoms with Gasteiger partial charge in [0.1, 0.15) is 24.6 Å². The van der Waals surface area contributed by atoms with E-state index in [1.54, 1.807) is 13.2 Å². The molecule has 1 aromatic rings. The van der Waals surface area contributed by atoms with Crippen LogP contribution in [0.15, 0.2) is 30.3 Å². The standard InChI is InChI=1S/C14H21O4P/c1-11(15)19(17,12(2)16)10-4-5-13-6-8-14(18-3)9-7-13/h4-9,11-12,15-16H,10H2,1-3H3/b5-4+. The second-order valence-corrected chi connectivity index (χ2v) is 8.04. The maximum atomic E-state index is 12.3. The van der Waals surface area contributed by atoms with Crippen LogP contribution in [0.25, 0.3) is 6.08 Å². The van der Waals surface area contributed by atoms with Gasteiger partial charge in [0.25, 0.3) is 0 Å². The molecule has 1 aromatic carbocycles. The van der Waals surface area contributed by atoms with Crippen molar-refractivity contribution < 1.29 is 19.5 Å². The van der Waals surface area contributed by atoms with Gasteiger partial charge in [0.2, 0.25) is 0 Å². The Hall–Kier alpha value is -1.09. The van der Waals surface area contributed by atoms with E-state index >= 15 is 0 Å². The molecule has 0 fully saturated rings. The van der Waals surface area contributed by atoms with E-state index in [0.29, 0.717) is 0 Å². The zero-order valence-electron chi connectivity index (χ0n) is 11.5. The lowest BCUT2D eigenvalue weighted by molar-refractivity contribution is 0.228. The fourth-order valence-corrected chi connectivity index (χ4v) is 3.36. The fraction of sp³-hybridized carbons (Fsp3) is 0.429. The van der Waals surface area contributed by atoms with E-state index in [4.69, 9.17) is 4.74 Å². The molecule has 0 aliphatic carbocycles. The molecule has 0 bridgehead atoms. The fourth-order valence-electron chi connectivity index (χ4n) is 1.69. The Labute approximate surface area is 114 Å². The summed E-state index contributed by atoms with van der Waals surface area (Å²) in [4.78, 5) is 0. The van der Waals surface area contributed by atoms with Gasteiger partial charge in [-0.2, -0.15) is 0 Å². The minimum atomic E-state index is -3.02. The molecule has 1 rings (SSSR count). The highest BCUT2D eigenvalue weighted by atomic mass is 31.2. The predicted molar refractivity (Wildman–Crippen MR) is 77.9 cm³/mol. The van der Waals surface area contributed by atoms with E-state index in [1.807, 2.05) is 30.3 Å². The number of ether oxygens (including phenoxy) is 1. The van der Waals surface area contributed by atoms with Crippen molar-refractivity contribution in [3.05, 3.63) is 35.9 Å². The molecule has 2 unspecified atom stereocenters. The van der Waals surface area contributed by atoms with Gasteiger partial charge in [0.15, 0.2) is 0 Å². The average Bonchev–Trinajstić information content (AvgIpc) is 2.38. The van der Waals surface area contributed by atoms with Gasteiger partial charge in [-0.1, -0.05) is 24.3 Å². The van der Waals surface area contributed by atoms with Crippen LogP contribution in [-0.4, -0.2) is 35.2 Å². The first-order valence-electron chi connectivity index (χ1n) is 6.15. The lowest BCUT2D eigenvalue weighted by Gasteiger charge is -2.22. The minimum absolute atomic E-state index is 0.175. The van der Waals surface area contributed by atoms with Crippen LogP contribution in [-0.2, 0) is 4.57 Å². The van der Waals surface area contributed by atoms with Gasteiger partial charge in [-0.15, -0.1) is 0 Å². The largest absolute Gasteiger partial charge is 0.497 e. The summed E-state index contributed by atoms with van der Waals surface area (Å²) in [5.41, 5.74) is 0.948. The van der Waals surface area contributed by atoms with Gasteiger partial charge >= 0.3 is 0 Å². The molecule has 0 aromatic heterocycles. The number of rotatable bonds is 6. The summed E-state index contributed by atoms with van der Waals surface area (Å²) in [5.74, 6) is -1.24. The Morgan fingerprint density at radius 3 is 2.16 bits per heavy atom. The lowest BCUT2D eigenvalue weighted by Crippen LogP contribution is -2.15. The zero-order chi connectivity index (χ0) is 14.5. The third-order valence-electron chi connectivity index (χ3n) is 3.08. The summed E-state index contributed by atoms with van der Waals surface area (Å²) in [5, 5.41) is 19.1. The number of methoxy groups -OCH3 is 1. The molecule has 0 heterocycles. The number of benzene rings is 1. The van der Waals surface area contributed by atoms with Crippen LogP contribution in [0.3, 0.4) is 0 Å². The first kappa shape index (κ1) is 16.0. The normalized spacial score (nSPS) is 17.9. The van der Waals surface area contributed by atoms with Crippen molar-refractivity contribution in [1.82, 2.24) is 0 Å². The second kappa shape index (κ2) is 6.90. The topological polar surface area (TPSA) is 66.8 Å². The third-order valence-corrected chi connectivity index (χ3v) is 6.39. The second-order valence-electron chi connectivity index (χ2n) is 4.48. The van der Waals surface area contributed by atoms with E-state index in [-0.39, 0.29) is 6.16 Å². The van der Waals surface area contributed by atoms with Crippen molar-refractivity contribution >= 4 is 13.2 Å². The molecule has 5 heteroatoms. The summed E-state index contributed by atoms with van der Waals surface area (Å²) in [6.45, 7) is 2.91. The van der Waals surface area contributed by atoms with Gasteiger partial charge in [-0.3, -0.25) is 0 Å². The summed E-state index contributed by atoms with van der Waals surface area (Å²) in [7, 11) is -1.41. The molecule has 2 atom stereocenters. The summed E-state index contributed by atoms with van der Waals surface area (Å²) in [6, 6.07) is 7.43. The summed E-state index contributed by atoms with van der Waals surface area (Å²) < 4.78 is 17.4. The Morgan fingerprint density at radius 1 is 1.21 bits per heavy atom. The Kier molecular flexibility index (Phi) is 5.80. The number of aliphatic hydroxyl groups is 2. The lowest BCUT2D eigenvalue weighted by atomic mass is 10.2. The van der Waals surface area contributed by atoms with Crippen LogP contribution in [0.5, 0.6) is 5.75 Å². The average molecular weight is 284 g/mol. The van der Waals surface area contributed by atoms with Gasteiger partial charge in [0, 0.05) is 6.16 Å². The van der Waals surface area contributed by atoms with Crippen LogP contribution in [0.1, 0.15) is 19.4 Å². The van der Waals surface area contributed by atoms with Crippen LogP contribution in [0.4, 0.5) is 0 Å². The molecule has 0 spiro atoms. The van der Waals surface area contributed by atoms with E-state index < -0.39 is 18.8 Å². The van der Waals surface area contributed by atoms with E-state index in [9.17, 15) is 14.8 Å². The van der Waals surface area contributed by atoms with Crippen molar-refractivity contribution in [3.8, 4) is 5.75 Å². The van der Waals surface area contributed by atoms with Crippen molar-refractivity contribution in [2.24, 2.45) is 0 Å². The van der Waals surface area contributed by atoms with Gasteiger partial charge < -0.3 is 19.5 Å². The molecule has 0 radical (unpaired) electrons. The van der Waals surface area contributed by atoms with Gasteiger partial charge in [-0.25, -0.2) is 0 Å². The highest BCUT2D eigenvalue weighted by molar-refractivity contribution is 7.65. The highest BCUT2D eigenvalue weighted by Gasteiger charge is 2.32. The molecule has 0 saturated heterocycles. The SMILES string of the molecule is COc1ccc(/C=C/CP(=O)(C(C)O)C(C)O)cc1. The van der Waals surface area contributed by atoms with Gasteiger partial charge in [0.05, 0.1) is 7.11 Å². The van der Waals surface area contributed by atoms with Crippen LogP contribution >= 0.6 is 7.14 Å². The van der Waals surface area contributed by atoms with E-state index in [0.717, 1.165) is 11.3 Å². The predicted octanol–water partition coefficient (Wildman–Crippen LogP) is 2.75. The smallest absolute Gasteiger partial charge is 0.145 e. The highest BCUT2D eigenvalue weighted by Crippen LogP contribution is 2.53. The Morgan fingerprint density at radius 2 is 1.74 bits per heavy atom. The molecule has 4 nitrogen and oxygen atoms in total. The van der Waals surface area contributed by atoms with Gasteiger partial charge in [-0.05, 0) is 31.5 Å². The Balaban J connectivity index is 2.73. The van der Waals surface area contributed by atoms with Crippen molar-refractivity contribution in [2.45, 2.75) is 25.5 Å². The molecule has 0 amide bonds. The Bertz CT molecular complexity index is 451. The van der Waals surface area contributed by atoms with E-state index in [2.05, 4.69) is 0 Å². The molecular formula is C14H21O4P. The molecule has 0 aliphatic rings. The molecular weight excluding hydrogens is 263 g/mol. The monoisotopic (exact) mass is 284 g/mol. The molecule has 0 saturated carbocycles. The number of hydrogen-bond acceptors (Lipinski definition) is 4. The maximum Gasteiger partial charge on any atom is 0.145 e. The van der Waals surface area contributed by atoms with Crippen LogP contribution in [0.2, 0.25) is 0 Å². The van der Waals surface area contributed by atoms with Crippen LogP contribution < -0.4 is 4.74 Å². The molecule has 106 valence electrons. The van der Waals surface area contributed by atoms with Crippen LogP contribution in [0, 0.1) is 0 Å². The minimum Gasteiger partial charge on any atom is -0.497 e. The number of hydrogen-bond donors (Lipinski definition) is 2. The third kappa shape index (κ3) is 4.20. The first-order chi connectivity index (χ1) is 8.90.